The lowest BCUT2D eigenvalue weighted by atomic mass is 9.73. The predicted molar refractivity (Wildman–Crippen MR) is 71.0 cm³/mol. The number of rotatable bonds is 1. The molecule has 0 heterocycles. The molecular formula is C15H19Cl. The van der Waals surface area contributed by atoms with Crippen LogP contribution in [0.25, 0.3) is 0 Å². The molecule has 0 nitrogen and oxygen atoms in total. The van der Waals surface area contributed by atoms with Gasteiger partial charge in [0, 0.05) is 10.8 Å². The van der Waals surface area contributed by atoms with E-state index in [1.54, 1.807) is 0 Å². The van der Waals surface area contributed by atoms with Crippen LogP contribution in [-0.2, 0) is 5.41 Å². The molecule has 2 rings (SSSR count). The van der Waals surface area contributed by atoms with Gasteiger partial charge in [-0.2, -0.15) is 0 Å². The molecule has 0 fully saturated rings. The Hall–Kier alpha value is -0.750. The van der Waals surface area contributed by atoms with Gasteiger partial charge in [0.2, 0.25) is 0 Å². The molecular weight excluding hydrogens is 216 g/mol. The summed E-state index contributed by atoms with van der Waals surface area (Å²) in [5.74, 6) is 0. The smallest absolute Gasteiger partial charge is 0.0552 e. The Morgan fingerprint density at radius 1 is 1.06 bits per heavy atom. The quantitative estimate of drug-likeness (QED) is 0.495. The van der Waals surface area contributed by atoms with Crippen molar-refractivity contribution < 1.29 is 0 Å². The van der Waals surface area contributed by atoms with E-state index in [-0.39, 0.29) is 16.2 Å². The molecule has 0 N–H and O–H groups in total. The largest absolute Gasteiger partial charge is 0.121 e. The Morgan fingerprint density at radius 2 is 1.62 bits per heavy atom. The second kappa shape index (κ2) is 3.63. The van der Waals surface area contributed by atoms with Crippen molar-refractivity contribution in [2.24, 2.45) is 5.41 Å². The number of allylic oxidation sites excluding steroid dienone is 2. The number of hydrogen-bond acceptors (Lipinski definition) is 0. The average Bonchev–Trinajstić information content (AvgIpc) is 2.41. The molecule has 0 saturated heterocycles. The molecule has 1 aliphatic carbocycles. The zero-order chi connectivity index (χ0) is 12.0. The lowest BCUT2D eigenvalue weighted by Crippen LogP contribution is -2.36. The summed E-state index contributed by atoms with van der Waals surface area (Å²) in [6.45, 7) is 8.86. The Labute approximate surface area is 103 Å². The first kappa shape index (κ1) is 11.7. The van der Waals surface area contributed by atoms with Crippen molar-refractivity contribution >= 4 is 11.6 Å². The molecule has 1 aliphatic rings. The van der Waals surface area contributed by atoms with E-state index in [9.17, 15) is 0 Å². The second-order valence-electron chi connectivity index (χ2n) is 5.58. The molecule has 0 bridgehead atoms. The minimum atomic E-state index is -0.0354. The Bertz CT molecular complexity index is 416. The highest BCUT2D eigenvalue weighted by atomic mass is 35.5. The molecule has 0 spiro atoms. The van der Waals surface area contributed by atoms with Crippen LogP contribution in [-0.4, -0.2) is 5.38 Å². The van der Waals surface area contributed by atoms with Crippen LogP contribution in [0.2, 0.25) is 0 Å². The summed E-state index contributed by atoms with van der Waals surface area (Å²) in [7, 11) is 0. The van der Waals surface area contributed by atoms with Crippen molar-refractivity contribution in [1.29, 1.82) is 0 Å². The van der Waals surface area contributed by atoms with Crippen LogP contribution >= 0.6 is 11.6 Å². The summed E-state index contributed by atoms with van der Waals surface area (Å²) in [5.41, 5.74) is 2.72. The normalized spacial score (nSPS) is 32.6. The van der Waals surface area contributed by atoms with Crippen molar-refractivity contribution in [3.8, 4) is 0 Å². The molecule has 0 radical (unpaired) electrons. The van der Waals surface area contributed by atoms with E-state index in [0.717, 1.165) is 0 Å². The third kappa shape index (κ3) is 1.51. The van der Waals surface area contributed by atoms with Gasteiger partial charge in [0.25, 0.3) is 0 Å². The van der Waals surface area contributed by atoms with Crippen molar-refractivity contribution in [2.75, 3.05) is 0 Å². The van der Waals surface area contributed by atoms with Crippen molar-refractivity contribution in [3.63, 3.8) is 0 Å². The molecule has 0 saturated carbocycles. The molecule has 1 aromatic carbocycles. The van der Waals surface area contributed by atoms with Gasteiger partial charge < -0.3 is 0 Å². The van der Waals surface area contributed by atoms with Gasteiger partial charge in [-0.15, -0.1) is 11.6 Å². The summed E-state index contributed by atoms with van der Waals surface area (Å²) in [5, 5.41) is 0.113. The molecule has 16 heavy (non-hydrogen) atoms. The molecule has 0 aromatic heterocycles. The average molecular weight is 235 g/mol. The lowest BCUT2D eigenvalue weighted by Gasteiger charge is -2.35. The SMILES string of the molecule is CC1=CC(C)(C)[C@@H](Cl)[C@]1(C)c1ccccc1. The molecule has 0 amide bonds. The lowest BCUT2D eigenvalue weighted by molar-refractivity contribution is 0.390. The van der Waals surface area contributed by atoms with E-state index in [4.69, 9.17) is 11.6 Å². The first-order valence-electron chi connectivity index (χ1n) is 5.78. The summed E-state index contributed by atoms with van der Waals surface area (Å²) < 4.78 is 0. The van der Waals surface area contributed by atoms with Gasteiger partial charge in [0.1, 0.15) is 0 Å². The van der Waals surface area contributed by atoms with Crippen LogP contribution in [0.5, 0.6) is 0 Å². The highest BCUT2D eigenvalue weighted by Crippen LogP contribution is 2.52. The van der Waals surface area contributed by atoms with Gasteiger partial charge in [-0.25, -0.2) is 0 Å². The molecule has 1 aromatic rings. The van der Waals surface area contributed by atoms with E-state index >= 15 is 0 Å². The summed E-state index contributed by atoms with van der Waals surface area (Å²) in [6.07, 6.45) is 2.32. The van der Waals surface area contributed by atoms with E-state index in [1.807, 2.05) is 0 Å². The van der Waals surface area contributed by atoms with E-state index < -0.39 is 0 Å². The van der Waals surface area contributed by atoms with E-state index in [0.29, 0.717) is 0 Å². The van der Waals surface area contributed by atoms with Crippen molar-refractivity contribution in [1.82, 2.24) is 0 Å². The van der Waals surface area contributed by atoms with Crippen LogP contribution in [0.15, 0.2) is 42.0 Å². The highest BCUT2D eigenvalue weighted by molar-refractivity contribution is 6.22. The van der Waals surface area contributed by atoms with Crippen LogP contribution in [0, 0.1) is 5.41 Å². The van der Waals surface area contributed by atoms with Gasteiger partial charge >= 0.3 is 0 Å². The number of benzene rings is 1. The van der Waals surface area contributed by atoms with Gasteiger partial charge in [-0.05, 0) is 12.5 Å². The summed E-state index contributed by atoms with van der Waals surface area (Å²) in [6, 6.07) is 10.6. The fraction of sp³-hybridized carbons (Fsp3) is 0.467. The molecule has 0 unspecified atom stereocenters. The first-order chi connectivity index (χ1) is 7.39. The van der Waals surface area contributed by atoms with Crippen molar-refractivity contribution in [3.05, 3.63) is 47.5 Å². The van der Waals surface area contributed by atoms with Crippen LogP contribution in [0.1, 0.15) is 33.3 Å². The van der Waals surface area contributed by atoms with E-state index in [2.05, 4.69) is 64.1 Å². The van der Waals surface area contributed by atoms with Crippen LogP contribution in [0.4, 0.5) is 0 Å². The maximum absolute atomic E-state index is 6.69. The van der Waals surface area contributed by atoms with Gasteiger partial charge in [0.05, 0.1) is 5.38 Å². The standard InChI is InChI=1S/C15H19Cl/c1-11-10-14(2,3)13(16)15(11,4)12-8-6-5-7-9-12/h5-10,13H,1-4H3/t13-,15+/m1/s1. The summed E-state index contributed by atoms with van der Waals surface area (Å²) >= 11 is 6.69. The van der Waals surface area contributed by atoms with Gasteiger partial charge in [-0.3, -0.25) is 0 Å². The summed E-state index contributed by atoms with van der Waals surface area (Å²) in [4.78, 5) is 0. The van der Waals surface area contributed by atoms with Crippen molar-refractivity contribution in [2.45, 2.75) is 38.5 Å². The second-order valence-corrected chi connectivity index (χ2v) is 6.02. The fourth-order valence-electron chi connectivity index (χ4n) is 2.88. The Balaban J connectivity index is 2.52. The Kier molecular flexibility index (Phi) is 2.66. The molecule has 0 aliphatic heterocycles. The van der Waals surface area contributed by atoms with E-state index in [1.165, 1.54) is 11.1 Å². The molecule has 86 valence electrons. The number of alkyl halides is 1. The number of hydrogen-bond donors (Lipinski definition) is 0. The van der Waals surface area contributed by atoms with Gasteiger partial charge in [-0.1, -0.05) is 62.8 Å². The predicted octanol–water partition coefficient (Wildman–Crippen LogP) is 4.54. The highest BCUT2D eigenvalue weighted by Gasteiger charge is 2.48. The first-order valence-corrected chi connectivity index (χ1v) is 6.22. The number of halogens is 1. The van der Waals surface area contributed by atoms with Crippen LogP contribution in [0.3, 0.4) is 0 Å². The fourth-order valence-corrected chi connectivity index (χ4v) is 3.24. The maximum atomic E-state index is 6.69. The monoisotopic (exact) mass is 234 g/mol. The Morgan fingerprint density at radius 3 is 2.06 bits per heavy atom. The molecule has 2 atom stereocenters. The molecule has 1 heteroatoms. The minimum absolute atomic E-state index is 0.0354. The van der Waals surface area contributed by atoms with Gasteiger partial charge in [0.15, 0.2) is 0 Å². The third-order valence-corrected chi connectivity index (χ3v) is 4.94. The third-order valence-electron chi connectivity index (χ3n) is 3.94. The topological polar surface area (TPSA) is 0 Å². The zero-order valence-electron chi connectivity index (χ0n) is 10.4. The zero-order valence-corrected chi connectivity index (χ0v) is 11.2. The van der Waals surface area contributed by atoms with Crippen LogP contribution < -0.4 is 0 Å². The maximum Gasteiger partial charge on any atom is 0.0552 e. The minimum Gasteiger partial charge on any atom is -0.121 e.